The first-order valence-electron chi connectivity index (χ1n) is 12.7. The molecule has 38 heavy (non-hydrogen) atoms. The van der Waals surface area contributed by atoms with Crippen LogP contribution in [0.15, 0.2) is 48.8 Å². The number of anilines is 1. The first kappa shape index (κ1) is 27.3. The van der Waals surface area contributed by atoms with Crippen LogP contribution in [0.3, 0.4) is 0 Å². The maximum Gasteiger partial charge on any atom is 0.355 e. The number of pyridine rings is 1. The fourth-order valence-corrected chi connectivity index (χ4v) is 4.67. The Hall–Kier alpha value is -3.76. The molecule has 0 saturated carbocycles. The third-order valence-electron chi connectivity index (χ3n) is 6.56. The zero-order valence-corrected chi connectivity index (χ0v) is 21.7. The van der Waals surface area contributed by atoms with Gasteiger partial charge in [0.25, 0.3) is 0 Å². The molecule has 3 heterocycles. The quantitative estimate of drug-likeness (QED) is 0.378. The van der Waals surface area contributed by atoms with E-state index >= 15 is 0 Å². The van der Waals surface area contributed by atoms with Crippen LogP contribution in [-0.4, -0.2) is 80.0 Å². The predicted molar refractivity (Wildman–Crippen MR) is 141 cm³/mol. The van der Waals surface area contributed by atoms with Crippen LogP contribution in [0.25, 0.3) is 22.3 Å². The molecule has 1 aliphatic rings. The molecule has 0 aliphatic carbocycles. The van der Waals surface area contributed by atoms with Crippen LogP contribution in [0.1, 0.15) is 23.3 Å². The lowest BCUT2D eigenvalue weighted by Gasteiger charge is -2.27. The van der Waals surface area contributed by atoms with E-state index in [1.54, 1.807) is 24.5 Å². The SMILES string of the molecule is COC(=O)CCCn1c(NCCN2CCOCC2)c(-c2ccncc2)c(-c2ccc(F)cc2)c1C(=O)OC. The van der Waals surface area contributed by atoms with Crippen molar-refractivity contribution in [3.05, 3.63) is 60.3 Å². The molecule has 0 amide bonds. The van der Waals surface area contributed by atoms with E-state index in [0.29, 0.717) is 55.4 Å². The van der Waals surface area contributed by atoms with Gasteiger partial charge >= 0.3 is 11.9 Å². The average molecular weight is 525 g/mol. The zero-order valence-electron chi connectivity index (χ0n) is 21.7. The van der Waals surface area contributed by atoms with Gasteiger partial charge < -0.3 is 24.1 Å². The number of carbonyl (C=O) groups is 2. The first-order chi connectivity index (χ1) is 18.5. The largest absolute Gasteiger partial charge is 0.469 e. The van der Waals surface area contributed by atoms with E-state index in [1.807, 2.05) is 16.7 Å². The summed E-state index contributed by atoms with van der Waals surface area (Å²) in [5, 5.41) is 3.56. The summed E-state index contributed by atoms with van der Waals surface area (Å²) in [4.78, 5) is 31.6. The number of ether oxygens (including phenoxy) is 3. The van der Waals surface area contributed by atoms with E-state index in [0.717, 1.165) is 30.8 Å². The fourth-order valence-electron chi connectivity index (χ4n) is 4.67. The summed E-state index contributed by atoms with van der Waals surface area (Å²) < 4.78 is 31.2. The molecule has 4 rings (SSSR count). The lowest BCUT2D eigenvalue weighted by atomic mass is 9.96. The Morgan fingerprint density at radius 3 is 2.32 bits per heavy atom. The van der Waals surface area contributed by atoms with Crippen LogP contribution in [0.5, 0.6) is 0 Å². The standard InChI is InChI=1S/C28H33FN4O5/c1-36-23(34)4-3-14-33-26(28(35)37-2)24(20-5-7-22(29)8-6-20)25(21-9-11-30-12-10-21)27(33)31-13-15-32-16-18-38-19-17-32/h5-12,31H,3-4,13-19H2,1-2H3. The van der Waals surface area contributed by atoms with Gasteiger partial charge in [0.2, 0.25) is 0 Å². The van der Waals surface area contributed by atoms with Gasteiger partial charge in [-0.3, -0.25) is 14.7 Å². The number of nitrogens with zero attached hydrogens (tertiary/aromatic N) is 3. The van der Waals surface area contributed by atoms with E-state index in [-0.39, 0.29) is 18.2 Å². The average Bonchev–Trinajstić information content (AvgIpc) is 3.27. The summed E-state index contributed by atoms with van der Waals surface area (Å²) in [7, 11) is 2.69. The lowest BCUT2D eigenvalue weighted by Crippen LogP contribution is -2.39. The Bertz CT molecular complexity index is 1220. The first-order valence-corrected chi connectivity index (χ1v) is 12.7. The van der Waals surface area contributed by atoms with Crippen LogP contribution in [0, 0.1) is 5.82 Å². The Kier molecular flexibility index (Phi) is 9.45. The number of morpholine rings is 1. The molecule has 0 atom stereocenters. The number of esters is 2. The van der Waals surface area contributed by atoms with Crippen LogP contribution >= 0.6 is 0 Å². The molecule has 3 aromatic rings. The Labute approximate surface area is 221 Å². The Balaban J connectivity index is 1.85. The summed E-state index contributed by atoms with van der Waals surface area (Å²) in [6, 6.07) is 9.78. The van der Waals surface area contributed by atoms with Crippen LogP contribution < -0.4 is 5.32 Å². The van der Waals surface area contributed by atoms with Crippen LogP contribution in [0.4, 0.5) is 10.2 Å². The smallest absolute Gasteiger partial charge is 0.355 e. The highest BCUT2D eigenvalue weighted by atomic mass is 19.1. The minimum absolute atomic E-state index is 0.193. The molecule has 0 unspecified atom stereocenters. The summed E-state index contributed by atoms with van der Waals surface area (Å²) in [6.07, 6.45) is 4.02. The lowest BCUT2D eigenvalue weighted by molar-refractivity contribution is -0.140. The van der Waals surface area contributed by atoms with Crippen LogP contribution in [0.2, 0.25) is 0 Å². The van der Waals surface area contributed by atoms with Gasteiger partial charge in [0.15, 0.2) is 0 Å². The Morgan fingerprint density at radius 2 is 1.66 bits per heavy atom. The molecule has 9 nitrogen and oxygen atoms in total. The second kappa shape index (κ2) is 13.2. The van der Waals surface area contributed by atoms with Gasteiger partial charge in [0.05, 0.1) is 27.4 Å². The van der Waals surface area contributed by atoms with Gasteiger partial charge in [-0.2, -0.15) is 0 Å². The molecule has 0 bridgehead atoms. The van der Waals surface area contributed by atoms with E-state index in [4.69, 9.17) is 14.2 Å². The third kappa shape index (κ3) is 6.38. The van der Waals surface area contributed by atoms with Gasteiger partial charge in [-0.15, -0.1) is 0 Å². The highest BCUT2D eigenvalue weighted by Crippen LogP contribution is 2.43. The van der Waals surface area contributed by atoms with E-state index in [9.17, 15) is 14.0 Å². The van der Waals surface area contributed by atoms with Crippen LogP contribution in [-0.2, 0) is 25.5 Å². The van der Waals surface area contributed by atoms with Crippen molar-refractivity contribution in [2.75, 3.05) is 58.9 Å². The van der Waals surface area contributed by atoms with Gasteiger partial charge in [-0.1, -0.05) is 12.1 Å². The number of nitrogens with one attached hydrogen (secondary N) is 1. The van der Waals surface area contributed by atoms with Crippen molar-refractivity contribution in [1.82, 2.24) is 14.5 Å². The van der Waals surface area contributed by atoms with Gasteiger partial charge in [-0.25, -0.2) is 9.18 Å². The molecule has 1 saturated heterocycles. The van der Waals surface area contributed by atoms with Crippen molar-refractivity contribution in [1.29, 1.82) is 0 Å². The second-order valence-corrected chi connectivity index (χ2v) is 8.89. The van der Waals surface area contributed by atoms with Crippen molar-refractivity contribution < 1.29 is 28.2 Å². The van der Waals surface area contributed by atoms with Gasteiger partial charge in [0, 0.05) is 62.7 Å². The summed E-state index contributed by atoms with van der Waals surface area (Å²) in [5.41, 5.74) is 3.23. The van der Waals surface area contributed by atoms with Crippen molar-refractivity contribution in [3.63, 3.8) is 0 Å². The topological polar surface area (TPSA) is 94.9 Å². The zero-order chi connectivity index (χ0) is 26.9. The molecule has 2 aromatic heterocycles. The number of benzene rings is 1. The normalized spacial score (nSPS) is 13.8. The number of rotatable bonds is 11. The Morgan fingerprint density at radius 1 is 0.974 bits per heavy atom. The highest BCUT2D eigenvalue weighted by molar-refractivity contribution is 6.05. The number of aromatic nitrogens is 2. The van der Waals surface area contributed by atoms with Gasteiger partial charge in [0.1, 0.15) is 17.3 Å². The minimum atomic E-state index is -0.529. The number of methoxy groups -OCH3 is 2. The molecule has 0 spiro atoms. The summed E-state index contributed by atoms with van der Waals surface area (Å²) >= 11 is 0. The minimum Gasteiger partial charge on any atom is -0.469 e. The molecular weight excluding hydrogens is 491 g/mol. The molecule has 1 N–H and O–H groups in total. The van der Waals surface area contributed by atoms with Crippen molar-refractivity contribution in [2.45, 2.75) is 19.4 Å². The molecule has 1 aromatic carbocycles. The number of hydrogen-bond acceptors (Lipinski definition) is 8. The van der Waals surface area contributed by atoms with Crippen molar-refractivity contribution >= 4 is 17.8 Å². The number of carbonyl (C=O) groups excluding carboxylic acids is 2. The molecule has 0 radical (unpaired) electrons. The third-order valence-corrected chi connectivity index (χ3v) is 6.56. The van der Waals surface area contributed by atoms with E-state index in [2.05, 4.69) is 15.2 Å². The molecule has 202 valence electrons. The summed E-state index contributed by atoms with van der Waals surface area (Å²) in [5.74, 6) is -0.514. The van der Waals surface area contributed by atoms with E-state index in [1.165, 1.54) is 26.4 Å². The monoisotopic (exact) mass is 524 g/mol. The second-order valence-electron chi connectivity index (χ2n) is 8.89. The number of hydrogen-bond donors (Lipinski definition) is 1. The molecule has 1 aliphatic heterocycles. The maximum absolute atomic E-state index is 13.9. The molecular formula is C28H33FN4O5. The fraction of sp³-hybridized carbons (Fsp3) is 0.393. The van der Waals surface area contributed by atoms with E-state index < -0.39 is 5.97 Å². The van der Waals surface area contributed by atoms with Crippen molar-refractivity contribution in [2.24, 2.45) is 0 Å². The molecule has 1 fully saturated rings. The maximum atomic E-state index is 13.9. The van der Waals surface area contributed by atoms with Crippen molar-refractivity contribution in [3.8, 4) is 22.3 Å². The van der Waals surface area contributed by atoms with Gasteiger partial charge in [-0.05, 0) is 41.8 Å². The predicted octanol–water partition coefficient (Wildman–Crippen LogP) is 3.84. The highest BCUT2D eigenvalue weighted by Gasteiger charge is 2.30. The number of halogens is 1. The molecule has 10 heteroatoms. The summed E-state index contributed by atoms with van der Waals surface area (Å²) in [6.45, 7) is 4.87.